The van der Waals surface area contributed by atoms with Crippen LogP contribution in [0, 0.1) is 5.92 Å². The summed E-state index contributed by atoms with van der Waals surface area (Å²) >= 11 is 6.04. The number of halogens is 5. The van der Waals surface area contributed by atoms with Crippen LogP contribution in [0.25, 0.3) is 0 Å². The van der Waals surface area contributed by atoms with Crippen LogP contribution in [0.5, 0.6) is 5.75 Å². The summed E-state index contributed by atoms with van der Waals surface area (Å²) in [6.07, 6.45) is -2.63. The Balaban J connectivity index is 0.00000312. The zero-order valence-corrected chi connectivity index (χ0v) is 16.0. The molecule has 1 heterocycles. The smallest absolute Gasteiger partial charge is 0.404 e. The Kier molecular flexibility index (Phi) is 8.81. The largest absolute Gasteiger partial charge is 0.573 e. The van der Waals surface area contributed by atoms with Crippen molar-refractivity contribution in [2.45, 2.75) is 39.1 Å². The number of alkyl halides is 3. The van der Waals surface area contributed by atoms with Gasteiger partial charge in [0.05, 0.1) is 5.02 Å². The van der Waals surface area contributed by atoms with Crippen molar-refractivity contribution in [2.24, 2.45) is 5.92 Å². The van der Waals surface area contributed by atoms with Crippen LogP contribution in [-0.4, -0.2) is 37.4 Å². The SMILES string of the molecule is CCCC(C)[C@@H](c1ccc(OC(F)(F)F)c(Cl)c1)N1CCNCC1.Cl. The van der Waals surface area contributed by atoms with Crippen molar-refractivity contribution in [2.75, 3.05) is 26.2 Å². The highest BCUT2D eigenvalue weighted by molar-refractivity contribution is 6.32. The predicted octanol–water partition coefficient (Wildman–Crippen LogP) is 5.04. The molecule has 1 unspecified atom stereocenters. The van der Waals surface area contributed by atoms with E-state index in [0.29, 0.717) is 5.92 Å². The van der Waals surface area contributed by atoms with Gasteiger partial charge in [0, 0.05) is 32.2 Å². The fourth-order valence-electron chi connectivity index (χ4n) is 3.38. The van der Waals surface area contributed by atoms with Gasteiger partial charge in [0.2, 0.25) is 0 Å². The minimum absolute atomic E-state index is 0. The van der Waals surface area contributed by atoms with Crippen molar-refractivity contribution in [1.29, 1.82) is 0 Å². The fraction of sp³-hybridized carbons (Fsp3) is 0.647. The molecule has 8 heteroatoms. The third kappa shape index (κ3) is 6.51. The second kappa shape index (κ2) is 9.86. The van der Waals surface area contributed by atoms with E-state index in [0.717, 1.165) is 44.6 Å². The molecule has 2 atom stereocenters. The van der Waals surface area contributed by atoms with Crippen molar-refractivity contribution in [3.05, 3.63) is 28.8 Å². The number of ether oxygens (including phenoxy) is 1. The van der Waals surface area contributed by atoms with Crippen LogP contribution in [0.15, 0.2) is 18.2 Å². The Labute approximate surface area is 158 Å². The number of hydrogen-bond acceptors (Lipinski definition) is 3. The lowest BCUT2D eigenvalue weighted by Gasteiger charge is -2.39. The maximum Gasteiger partial charge on any atom is 0.573 e. The molecule has 0 saturated carbocycles. The molecule has 1 N–H and O–H groups in total. The van der Waals surface area contributed by atoms with Gasteiger partial charge in [-0.15, -0.1) is 25.6 Å². The van der Waals surface area contributed by atoms with Gasteiger partial charge in [-0.3, -0.25) is 4.90 Å². The molecule has 0 spiro atoms. The second-order valence-corrected chi connectivity index (χ2v) is 6.64. The summed E-state index contributed by atoms with van der Waals surface area (Å²) in [5.41, 5.74) is 0.942. The van der Waals surface area contributed by atoms with Gasteiger partial charge in [-0.2, -0.15) is 0 Å². The van der Waals surface area contributed by atoms with Gasteiger partial charge in [-0.05, 0) is 30.0 Å². The molecule has 3 nitrogen and oxygen atoms in total. The van der Waals surface area contributed by atoms with E-state index in [1.165, 1.54) is 6.07 Å². The van der Waals surface area contributed by atoms with E-state index >= 15 is 0 Å². The van der Waals surface area contributed by atoms with E-state index in [1.54, 1.807) is 12.1 Å². The van der Waals surface area contributed by atoms with Gasteiger partial charge in [0.15, 0.2) is 0 Å². The Hall–Kier alpha value is -0.690. The number of benzene rings is 1. The lowest BCUT2D eigenvalue weighted by molar-refractivity contribution is -0.274. The van der Waals surface area contributed by atoms with Crippen molar-refractivity contribution in [1.82, 2.24) is 10.2 Å². The van der Waals surface area contributed by atoms with E-state index in [4.69, 9.17) is 11.6 Å². The topological polar surface area (TPSA) is 24.5 Å². The van der Waals surface area contributed by atoms with Crippen LogP contribution in [0.1, 0.15) is 38.3 Å². The Morgan fingerprint density at radius 2 is 1.92 bits per heavy atom. The third-order valence-corrected chi connectivity index (χ3v) is 4.65. The first-order chi connectivity index (χ1) is 11.3. The Morgan fingerprint density at radius 3 is 2.44 bits per heavy atom. The maximum absolute atomic E-state index is 12.4. The quantitative estimate of drug-likeness (QED) is 0.723. The molecular weight excluding hydrogens is 376 g/mol. The molecule has 1 aromatic rings. The summed E-state index contributed by atoms with van der Waals surface area (Å²) in [4.78, 5) is 2.38. The van der Waals surface area contributed by atoms with E-state index in [1.807, 2.05) is 0 Å². The van der Waals surface area contributed by atoms with Crippen molar-refractivity contribution >= 4 is 24.0 Å². The normalized spacial score (nSPS) is 18.3. The Morgan fingerprint density at radius 1 is 1.28 bits per heavy atom. The Bertz CT molecular complexity index is 537. The molecule has 0 amide bonds. The highest BCUT2D eigenvalue weighted by atomic mass is 35.5. The number of nitrogens with one attached hydrogen (secondary N) is 1. The molecule has 0 aliphatic carbocycles. The van der Waals surface area contributed by atoms with Crippen LogP contribution < -0.4 is 10.1 Å². The van der Waals surface area contributed by atoms with Crippen molar-refractivity contribution in [3.8, 4) is 5.75 Å². The summed E-state index contributed by atoms with van der Waals surface area (Å²) in [5.74, 6) is 0.0358. The van der Waals surface area contributed by atoms with Crippen LogP contribution in [0.3, 0.4) is 0 Å². The lowest BCUT2D eigenvalue weighted by Crippen LogP contribution is -2.46. The summed E-state index contributed by atoms with van der Waals surface area (Å²) in [6, 6.07) is 4.77. The van der Waals surface area contributed by atoms with Gasteiger partial charge in [-0.1, -0.05) is 37.9 Å². The first-order valence-electron chi connectivity index (χ1n) is 8.31. The van der Waals surface area contributed by atoms with Gasteiger partial charge in [0.1, 0.15) is 5.75 Å². The maximum atomic E-state index is 12.4. The number of rotatable bonds is 6. The minimum Gasteiger partial charge on any atom is -0.404 e. The number of piperazine rings is 1. The zero-order chi connectivity index (χ0) is 17.7. The summed E-state index contributed by atoms with van der Waals surface area (Å²) in [5, 5.41) is 3.32. The first-order valence-corrected chi connectivity index (χ1v) is 8.69. The molecule has 0 bridgehead atoms. The van der Waals surface area contributed by atoms with E-state index in [9.17, 15) is 13.2 Å². The van der Waals surface area contributed by atoms with Crippen molar-refractivity contribution in [3.63, 3.8) is 0 Å². The summed E-state index contributed by atoms with van der Waals surface area (Å²) in [6.45, 7) is 7.98. The highest BCUT2D eigenvalue weighted by Crippen LogP contribution is 2.37. The monoisotopic (exact) mass is 400 g/mol. The molecule has 1 aliphatic rings. The molecule has 0 radical (unpaired) electrons. The highest BCUT2D eigenvalue weighted by Gasteiger charge is 2.33. The van der Waals surface area contributed by atoms with E-state index < -0.39 is 6.36 Å². The third-order valence-electron chi connectivity index (χ3n) is 4.35. The average Bonchev–Trinajstić information content (AvgIpc) is 2.50. The van der Waals surface area contributed by atoms with E-state index in [-0.39, 0.29) is 29.2 Å². The molecule has 0 aromatic heterocycles. The second-order valence-electron chi connectivity index (χ2n) is 6.23. The molecule has 25 heavy (non-hydrogen) atoms. The minimum atomic E-state index is -4.74. The van der Waals surface area contributed by atoms with Crippen LogP contribution in [-0.2, 0) is 0 Å². The predicted molar refractivity (Wildman–Crippen MR) is 96.6 cm³/mol. The molecule has 1 aliphatic heterocycles. The average molecular weight is 401 g/mol. The number of hydrogen-bond donors (Lipinski definition) is 1. The molecule has 2 rings (SSSR count). The molecule has 144 valence electrons. The van der Waals surface area contributed by atoms with Crippen molar-refractivity contribution < 1.29 is 17.9 Å². The molecule has 1 aromatic carbocycles. The van der Waals surface area contributed by atoms with Gasteiger partial charge in [-0.25, -0.2) is 0 Å². The summed E-state index contributed by atoms with van der Waals surface area (Å²) < 4.78 is 41.2. The number of nitrogens with zero attached hydrogens (tertiary/aromatic N) is 1. The fourth-order valence-corrected chi connectivity index (χ4v) is 3.61. The van der Waals surface area contributed by atoms with Gasteiger partial charge >= 0.3 is 6.36 Å². The standard InChI is InChI=1S/C17H24ClF3N2O.ClH/c1-3-4-12(2)16(23-9-7-22-8-10-23)13-5-6-15(14(18)11-13)24-17(19,20)21;/h5-6,11-12,16,22H,3-4,7-10H2,1-2H3;1H/t12?,16-;/m0./s1. The first kappa shape index (κ1) is 22.4. The molecular formula is C17H25Cl2F3N2O. The van der Waals surface area contributed by atoms with Crippen LogP contribution in [0.2, 0.25) is 5.02 Å². The van der Waals surface area contributed by atoms with E-state index in [2.05, 4.69) is 28.8 Å². The lowest BCUT2D eigenvalue weighted by atomic mass is 9.89. The van der Waals surface area contributed by atoms with Crippen LogP contribution in [0.4, 0.5) is 13.2 Å². The molecule has 1 fully saturated rings. The molecule has 1 saturated heterocycles. The van der Waals surface area contributed by atoms with Crippen LogP contribution >= 0.6 is 24.0 Å². The summed E-state index contributed by atoms with van der Waals surface area (Å²) in [7, 11) is 0. The van der Waals surface area contributed by atoms with Gasteiger partial charge in [0.25, 0.3) is 0 Å². The van der Waals surface area contributed by atoms with Gasteiger partial charge < -0.3 is 10.1 Å². The zero-order valence-electron chi connectivity index (χ0n) is 14.4.